The zero-order chi connectivity index (χ0) is 23.4. The molecule has 174 valence electrons. The molecule has 0 unspecified atom stereocenters. The summed E-state index contributed by atoms with van der Waals surface area (Å²) in [7, 11) is -0.773. The lowest BCUT2D eigenvalue weighted by Crippen LogP contribution is -2.28. The Bertz CT molecular complexity index is 1100. The molecule has 32 heavy (non-hydrogen) atoms. The van der Waals surface area contributed by atoms with Gasteiger partial charge < -0.3 is 18.1 Å². The molecule has 0 atom stereocenters. The van der Waals surface area contributed by atoms with Gasteiger partial charge in [0.25, 0.3) is 0 Å². The predicted octanol–water partition coefficient (Wildman–Crippen LogP) is 6.05. The zero-order valence-corrected chi connectivity index (χ0v) is 21.9. The third-order valence-electron chi connectivity index (χ3n) is 5.29. The van der Waals surface area contributed by atoms with Crippen LogP contribution >= 0.6 is 11.6 Å². The Morgan fingerprint density at radius 1 is 1.06 bits per heavy atom. The van der Waals surface area contributed by atoms with Gasteiger partial charge in [0.05, 0.1) is 6.61 Å². The summed E-state index contributed by atoms with van der Waals surface area (Å²) >= 11 is 6.06. The monoisotopic (exact) mass is 475 g/mol. The van der Waals surface area contributed by atoms with E-state index in [-0.39, 0.29) is 16.2 Å². The fourth-order valence-corrected chi connectivity index (χ4v) is 4.51. The number of ether oxygens (including phenoxy) is 1. The molecule has 3 aromatic rings. The van der Waals surface area contributed by atoms with Crippen LogP contribution in [0.4, 0.5) is 0 Å². The summed E-state index contributed by atoms with van der Waals surface area (Å²) in [6.45, 7) is 11.8. The van der Waals surface area contributed by atoms with Gasteiger partial charge in [-0.15, -0.1) is 0 Å². The quantitative estimate of drug-likeness (QED) is 0.264. The van der Waals surface area contributed by atoms with E-state index >= 15 is 0 Å². The third kappa shape index (κ3) is 6.74. The van der Waals surface area contributed by atoms with E-state index in [2.05, 4.69) is 43.7 Å². The molecule has 0 bridgehead atoms. The van der Waals surface area contributed by atoms with E-state index in [1.165, 1.54) is 17.8 Å². The van der Waals surface area contributed by atoms with Crippen LogP contribution in [0.2, 0.25) is 10.1 Å². The summed E-state index contributed by atoms with van der Waals surface area (Å²) in [4.78, 5) is 12.5. The number of hydrogen-bond donors (Lipinski definition) is 0. The summed E-state index contributed by atoms with van der Waals surface area (Å²) in [5, 5.41) is 2.08. The van der Waals surface area contributed by atoms with Crippen molar-refractivity contribution in [3.8, 4) is 5.75 Å². The molecule has 0 saturated heterocycles. The van der Waals surface area contributed by atoms with Gasteiger partial charge in [-0.2, -0.15) is 0 Å². The van der Waals surface area contributed by atoms with Crippen molar-refractivity contribution in [2.45, 2.75) is 71.1 Å². The summed E-state index contributed by atoms with van der Waals surface area (Å²) in [6, 6.07) is 9.55. The van der Waals surface area contributed by atoms with Crippen molar-refractivity contribution in [3.63, 3.8) is 0 Å². The average Bonchev–Trinajstić information content (AvgIpc) is 3.11. The molecule has 0 saturated carbocycles. The van der Waals surface area contributed by atoms with Crippen LogP contribution in [0.5, 0.6) is 5.75 Å². The van der Waals surface area contributed by atoms with Crippen molar-refractivity contribution < 1.29 is 13.6 Å². The number of benzene rings is 1. The molecule has 7 heteroatoms. The van der Waals surface area contributed by atoms with E-state index in [4.69, 9.17) is 25.2 Å². The van der Waals surface area contributed by atoms with Gasteiger partial charge in [-0.1, -0.05) is 32.4 Å². The average molecular weight is 476 g/mol. The summed E-state index contributed by atoms with van der Waals surface area (Å²) in [6.07, 6.45) is 6.43. The summed E-state index contributed by atoms with van der Waals surface area (Å²) in [5.74, 6) is 0.790. The standard InChI is InChI=1S/C25H34ClNO4Si/c1-24(2,3)32-31-25(4,5)23-16-21(28)22(17-30-23)29-14-8-6-7-12-27-13-11-18-15-19(26)9-10-20(18)27/h9-11,13,15-17H,6-8,12,14,32H2,1-5H3. The molecule has 0 N–H and O–H groups in total. The van der Waals surface area contributed by atoms with E-state index in [0.717, 1.165) is 36.2 Å². The minimum absolute atomic E-state index is 0.169. The Kier molecular flexibility index (Phi) is 7.91. The first-order valence-corrected chi connectivity index (χ1v) is 12.9. The largest absolute Gasteiger partial charge is 0.487 e. The van der Waals surface area contributed by atoms with Gasteiger partial charge in [-0.05, 0) is 62.4 Å². The molecule has 0 amide bonds. The molecule has 2 aromatic heterocycles. The van der Waals surface area contributed by atoms with Gasteiger partial charge >= 0.3 is 0 Å². The Hall–Kier alpha value is -2.02. The van der Waals surface area contributed by atoms with Gasteiger partial charge in [-0.25, -0.2) is 0 Å². The molecule has 5 nitrogen and oxygen atoms in total. The first-order valence-electron chi connectivity index (χ1n) is 11.2. The van der Waals surface area contributed by atoms with Crippen LogP contribution < -0.4 is 10.2 Å². The lowest BCUT2D eigenvalue weighted by molar-refractivity contribution is 0.0798. The Balaban J connectivity index is 1.44. The van der Waals surface area contributed by atoms with Crippen LogP contribution in [-0.2, 0) is 16.6 Å². The molecule has 0 aliphatic heterocycles. The van der Waals surface area contributed by atoms with Crippen LogP contribution in [-0.4, -0.2) is 20.9 Å². The highest BCUT2D eigenvalue weighted by Gasteiger charge is 2.27. The van der Waals surface area contributed by atoms with Crippen molar-refractivity contribution in [2.75, 3.05) is 6.61 Å². The lowest BCUT2D eigenvalue weighted by Gasteiger charge is -2.28. The van der Waals surface area contributed by atoms with E-state index < -0.39 is 15.4 Å². The van der Waals surface area contributed by atoms with Crippen molar-refractivity contribution in [2.24, 2.45) is 0 Å². The second-order valence-corrected chi connectivity index (χ2v) is 13.1. The predicted molar refractivity (Wildman–Crippen MR) is 134 cm³/mol. The molecule has 0 aliphatic carbocycles. The number of hydrogen-bond acceptors (Lipinski definition) is 4. The highest BCUT2D eigenvalue weighted by atomic mass is 35.5. The number of halogens is 1. The number of rotatable bonds is 10. The minimum Gasteiger partial charge on any atom is -0.487 e. The number of unbranched alkanes of at least 4 members (excludes halogenated alkanes) is 2. The number of fused-ring (bicyclic) bond motifs is 1. The highest BCUT2D eigenvalue weighted by Crippen LogP contribution is 2.29. The fraction of sp³-hybridized carbons (Fsp3) is 0.480. The van der Waals surface area contributed by atoms with Gasteiger partial charge in [0, 0.05) is 34.7 Å². The fourth-order valence-electron chi connectivity index (χ4n) is 3.40. The van der Waals surface area contributed by atoms with Crippen LogP contribution in [0.15, 0.2) is 52.0 Å². The molecule has 0 radical (unpaired) electrons. The molecule has 2 heterocycles. The first-order chi connectivity index (χ1) is 15.0. The minimum atomic E-state index is -0.773. The van der Waals surface area contributed by atoms with Crippen LogP contribution in [0, 0.1) is 0 Å². The molecule has 0 spiro atoms. The van der Waals surface area contributed by atoms with Gasteiger partial charge in [0.1, 0.15) is 17.6 Å². The SMILES string of the molecule is CC(C)(C)[SiH2]OC(C)(C)c1cc(=O)c(OCCCCCn2ccc3cc(Cl)ccc32)co1. The second-order valence-electron chi connectivity index (χ2n) is 9.95. The first kappa shape index (κ1) is 24.6. The molecule has 1 aromatic carbocycles. The number of aryl methyl sites for hydroxylation is 1. The third-order valence-corrected chi connectivity index (χ3v) is 7.26. The van der Waals surface area contributed by atoms with E-state index in [1.54, 1.807) is 0 Å². The van der Waals surface area contributed by atoms with Crippen LogP contribution in [0.1, 0.15) is 59.6 Å². The molecular formula is C25H34ClNO4Si. The van der Waals surface area contributed by atoms with Gasteiger partial charge in [0.15, 0.2) is 9.76 Å². The zero-order valence-electron chi connectivity index (χ0n) is 19.7. The smallest absolute Gasteiger partial charge is 0.227 e. The van der Waals surface area contributed by atoms with Crippen molar-refractivity contribution in [1.82, 2.24) is 4.57 Å². The normalized spacial score (nSPS) is 12.8. The van der Waals surface area contributed by atoms with E-state index in [9.17, 15) is 4.79 Å². The molecular weight excluding hydrogens is 442 g/mol. The van der Waals surface area contributed by atoms with Crippen molar-refractivity contribution in [1.29, 1.82) is 0 Å². The second kappa shape index (κ2) is 10.3. The topological polar surface area (TPSA) is 53.6 Å². The maximum absolute atomic E-state index is 12.5. The Labute approximate surface area is 197 Å². The van der Waals surface area contributed by atoms with Gasteiger partial charge in [0.2, 0.25) is 11.2 Å². The van der Waals surface area contributed by atoms with Gasteiger partial charge in [-0.3, -0.25) is 4.79 Å². The van der Waals surface area contributed by atoms with Crippen molar-refractivity contribution >= 4 is 32.3 Å². The number of aromatic nitrogens is 1. The van der Waals surface area contributed by atoms with Crippen LogP contribution in [0.25, 0.3) is 10.9 Å². The molecule has 3 rings (SSSR count). The summed E-state index contributed by atoms with van der Waals surface area (Å²) < 4.78 is 19.7. The Morgan fingerprint density at radius 2 is 1.84 bits per heavy atom. The lowest BCUT2D eigenvalue weighted by atomic mass is 10.1. The Morgan fingerprint density at radius 3 is 2.56 bits per heavy atom. The van der Waals surface area contributed by atoms with Crippen LogP contribution in [0.3, 0.4) is 0 Å². The maximum Gasteiger partial charge on any atom is 0.227 e. The van der Waals surface area contributed by atoms with E-state index in [1.807, 2.05) is 26.0 Å². The molecule has 0 aliphatic rings. The highest BCUT2D eigenvalue weighted by molar-refractivity contribution is 6.32. The molecule has 0 fully saturated rings. The number of nitrogens with zero attached hydrogens (tertiary/aromatic N) is 1. The van der Waals surface area contributed by atoms with Crippen molar-refractivity contribution in [3.05, 3.63) is 63.8 Å². The summed E-state index contributed by atoms with van der Waals surface area (Å²) in [5.41, 5.74) is 0.406. The van der Waals surface area contributed by atoms with E-state index in [0.29, 0.717) is 12.4 Å². The maximum atomic E-state index is 12.5.